The predicted molar refractivity (Wildman–Crippen MR) is 84.9 cm³/mol. The van der Waals surface area contributed by atoms with Gasteiger partial charge in [0.25, 0.3) is 20.2 Å². The summed E-state index contributed by atoms with van der Waals surface area (Å²) < 4.78 is 63.3. The molecular formula is C13H15NO7S2. The van der Waals surface area contributed by atoms with E-state index in [0.717, 1.165) is 12.4 Å². The van der Waals surface area contributed by atoms with Gasteiger partial charge in [0.15, 0.2) is 0 Å². The lowest BCUT2D eigenvalue weighted by atomic mass is 10.1. The highest BCUT2D eigenvalue weighted by atomic mass is 32.2. The number of hydrogen-bond donors (Lipinski definition) is 3. The Morgan fingerprint density at radius 2 is 1.57 bits per heavy atom. The number of carbonyl (C=O) groups is 1. The molecule has 0 spiro atoms. The molecular weight excluding hydrogens is 346 g/mol. The molecule has 8 nitrogen and oxygen atoms in total. The van der Waals surface area contributed by atoms with Crippen LogP contribution < -0.4 is 5.32 Å². The molecule has 0 saturated carbocycles. The number of benzene rings is 2. The molecule has 126 valence electrons. The number of nitrogens with one attached hydrogen (secondary N) is 1. The second-order valence-electron chi connectivity index (χ2n) is 4.29. The maximum atomic E-state index is 11.4. The van der Waals surface area contributed by atoms with Crippen LogP contribution in [0.3, 0.4) is 0 Å². The monoisotopic (exact) mass is 361 g/mol. The first-order chi connectivity index (χ1) is 10.5. The molecule has 3 N–H and O–H groups in total. The van der Waals surface area contributed by atoms with Crippen LogP contribution >= 0.6 is 0 Å². The van der Waals surface area contributed by atoms with E-state index >= 15 is 0 Å². The van der Waals surface area contributed by atoms with Crippen LogP contribution in [0.4, 0.5) is 5.69 Å². The Hall–Kier alpha value is -2.01. The molecule has 23 heavy (non-hydrogen) atoms. The van der Waals surface area contributed by atoms with Crippen molar-refractivity contribution in [3.05, 3.63) is 30.3 Å². The van der Waals surface area contributed by atoms with Crippen LogP contribution in [0.1, 0.15) is 6.92 Å². The lowest BCUT2D eigenvalue weighted by molar-refractivity contribution is -0.106. The topological polar surface area (TPSA) is 138 Å². The Balaban J connectivity index is 0.000000816. The summed E-state index contributed by atoms with van der Waals surface area (Å²) in [5, 5.41) is 3.20. The van der Waals surface area contributed by atoms with Gasteiger partial charge >= 0.3 is 0 Å². The molecule has 0 bridgehead atoms. The number of aldehydes is 1. The minimum atomic E-state index is -4.64. The van der Waals surface area contributed by atoms with Gasteiger partial charge in [-0.05, 0) is 36.6 Å². The van der Waals surface area contributed by atoms with Gasteiger partial charge in [-0.2, -0.15) is 16.8 Å². The zero-order valence-electron chi connectivity index (χ0n) is 12.2. The van der Waals surface area contributed by atoms with Crippen molar-refractivity contribution < 1.29 is 30.7 Å². The molecule has 2 aromatic carbocycles. The second kappa shape index (κ2) is 7.04. The minimum absolute atomic E-state index is 0.145. The van der Waals surface area contributed by atoms with Crippen LogP contribution in [0.25, 0.3) is 10.8 Å². The molecule has 2 rings (SSSR count). The lowest BCUT2D eigenvalue weighted by Crippen LogP contribution is -2.04. The van der Waals surface area contributed by atoms with E-state index in [1.165, 1.54) is 19.1 Å². The second-order valence-corrected chi connectivity index (χ2v) is 7.10. The highest BCUT2D eigenvalue weighted by Gasteiger charge is 2.20. The first-order valence-electron chi connectivity index (χ1n) is 6.15. The molecule has 0 amide bonds. The van der Waals surface area contributed by atoms with Crippen molar-refractivity contribution in [3.63, 3.8) is 0 Å². The van der Waals surface area contributed by atoms with Gasteiger partial charge in [-0.3, -0.25) is 9.11 Å². The van der Waals surface area contributed by atoms with Crippen LogP contribution in [0.2, 0.25) is 0 Å². The standard InChI is InChI=1S/C11H11NO6S2.C2H4O/c1-12-8-3-2-7-4-9(19(13,14)15)6-11(10(7)5-8)20(16,17)18;1-2-3/h2-6,12H,1H3,(H,13,14,15)(H,16,17,18);2H,1H3. The van der Waals surface area contributed by atoms with Gasteiger partial charge in [0.2, 0.25) is 0 Å². The Kier molecular flexibility index (Phi) is 5.83. The van der Waals surface area contributed by atoms with Gasteiger partial charge in [-0.1, -0.05) is 6.07 Å². The number of hydrogen-bond acceptors (Lipinski definition) is 6. The van der Waals surface area contributed by atoms with Crippen molar-refractivity contribution in [3.8, 4) is 0 Å². The van der Waals surface area contributed by atoms with Gasteiger partial charge in [-0.25, -0.2) is 0 Å². The van der Waals surface area contributed by atoms with Crippen molar-refractivity contribution in [2.75, 3.05) is 12.4 Å². The zero-order valence-corrected chi connectivity index (χ0v) is 13.8. The Morgan fingerprint density at radius 1 is 1.00 bits per heavy atom. The lowest BCUT2D eigenvalue weighted by Gasteiger charge is -2.08. The molecule has 0 aliphatic rings. The first-order valence-corrected chi connectivity index (χ1v) is 9.03. The minimum Gasteiger partial charge on any atom is -0.388 e. The maximum absolute atomic E-state index is 11.4. The molecule has 10 heteroatoms. The fourth-order valence-electron chi connectivity index (χ4n) is 1.82. The highest BCUT2D eigenvalue weighted by Crippen LogP contribution is 2.29. The average Bonchev–Trinajstić information content (AvgIpc) is 2.44. The Labute approximate surface area is 133 Å². The predicted octanol–water partition coefficient (Wildman–Crippen LogP) is 1.58. The van der Waals surface area contributed by atoms with E-state index in [0.29, 0.717) is 11.8 Å². The third-order valence-corrected chi connectivity index (χ3v) is 4.48. The molecule has 0 atom stereocenters. The maximum Gasteiger partial charge on any atom is 0.295 e. The molecule has 0 unspecified atom stereocenters. The van der Waals surface area contributed by atoms with Gasteiger partial charge in [0, 0.05) is 18.1 Å². The third kappa shape index (κ3) is 4.73. The fraction of sp³-hybridized carbons (Fsp3) is 0.154. The van der Waals surface area contributed by atoms with Crippen LogP contribution in [0.5, 0.6) is 0 Å². The van der Waals surface area contributed by atoms with E-state index in [-0.39, 0.29) is 10.8 Å². The molecule has 0 radical (unpaired) electrons. The largest absolute Gasteiger partial charge is 0.388 e. The van der Waals surface area contributed by atoms with E-state index in [2.05, 4.69) is 5.32 Å². The number of rotatable bonds is 3. The molecule has 0 aromatic heterocycles. The van der Waals surface area contributed by atoms with E-state index in [1.807, 2.05) is 0 Å². The molecule has 0 heterocycles. The summed E-state index contributed by atoms with van der Waals surface area (Å²) in [6.45, 7) is 1.44. The van der Waals surface area contributed by atoms with E-state index in [1.54, 1.807) is 13.1 Å². The summed E-state index contributed by atoms with van der Waals surface area (Å²) in [5.74, 6) is 0. The van der Waals surface area contributed by atoms with E-state index in [4.69, 9.17) is 9.35 Å². The normalized spacial score (nSPS) is 11.5. The molecule has 0 fully saturated rings. The van der Waals surface area contributed by atoms with Crippen LogP contribution in [-0.2, 0) is 25.0 Å². The van der Waals surface area contributed by atoms with E-state index < -0.39 is 30.0 Å². The first kappa shape index (κ1) is 19.0. The Bertz CT molecular complexity index is 934. The Morgan fingerprint density at radius 3 is 2.00 bits per heavy atom. The number of anilines is 1. The van der Waals surface area contributed by atoms with Crippen molar-refractivity contribution in [1.29, 1.82) is 0 Å². The van der Waals surface area contributed by atoms with Crippen molar-refractivity contribution in [2.45, 2.75) is 16.7 Å². The zero-order chi connectivity index (χ0) is 17.8. The number of fused-ring (bicyclic) bond motifs is 1. The number of carbonyl (C=O) groups excluding carboxylic acids is 1. The summed E-state index contributed by atoms with van der Waals surface area (Å²) in [6.07, 6.45) is 0.750. The SMILES string of the molecule is CC=O.CNc1ccc2cc(S(=O)(=O)O)cc(S(=O)(=O)O)c2c1. The van der Waals surface area contributed by atoms with Crippen LogP contribution in [0.15, 0.2) is 40.1 Å². The van der Waals surface area contributed by atoms with Crippen molar-refractivity contribution in [1.82, 2.24) is 0 Å². The molecule has 0 aliphatic heterocycles. The quantitative estimate of drug-likeness (QED) is 0.553. The van der Waals surface area contributed by atoms with Gasteiger partial charge in [0.1, 0.15) is 11.2 Å². The molecule has 0 aliphatic carbocycles. The summed E-state index contributed by atoms with van der Waals surface area (Å²) in [4.78, 5) is 7.62. The summed E-state index contributed by atoms with van der Waals surface area (Å²) >= 11 is 0. The van der Waals surface area contributed by atoms with Crippen molar-refractivity contribution >= 4 is 43.0 Å². The summed E-state index contributed by atoms with van der Waals surface area (Å²) in [6, 6.07) is 6.37. The van der Waals surface area contributed by atoms with E-state index in [9.17, 15) is 21.4 Å². The third-order valence-electron chi connectivity index (χ3n) is 2.75. The summed E-state index contributed by atoms with van der Waals surface area (Å²) in [5.41, 5.74) is 0.585. The fourth-order valence-corrected chi connectivity index (χ4v) is 3.16. The van der Waals surface area contributed by atoms with Crippen LogP contribution in [-0.4, -0.2) is 39.3 Å². The van der Waals surface area contributed by atoms with Gasteiger partial charge in [0.05, 0.1) is 4.90 Å². The highest BCUT2D eigenvalue weighted by molar-refractivity contribution is 7.86. The average molecular weight is 361 g/mol. The summed E-state index contributed by atoms with van der Waals surface area (Å²) in [7, 11) is -7.60. The van der Waals surface area contributed by atoms with Crippen LogP contribution in [0, 0.1) is 0 Å². The van der Waals surface area contributed by atoms with Gasteiger partial charge in [-0.15, -0.1) is 0 Å². The molecule has 0 saturated heterocycles. The smallest absolute Gasteiger partial charge is 0.295 e. The van der Waals surface area contributed by atoms with Crippen molar-refractivity contribution in [2.24, 2.45) is 0 Å². The van der Waals surface area contributed by atoms with Gasteiger partial charge < -0.3 is 10.1 Å². The molecule has 2 aromatic rings.